The Bertz CT molecular complexity index is 937. The van der Waals surface area contributed by atoms with Crippen LogP contribution < -0.4 is 16.2 Å². The molecule has 0 radical (unpaired) electrons. The number of amides is 1. The molecule has 26 heavy (non-hydrogen) atoms. The molecule has 2 heterocycles. The first-order valence-corrected chi connectivity index (χ1v) is 8.67. The van der Waals surface area contributed by atoms with E-state index in [9.17, 15) is 9.18 Å². The molecule has 0 aliphatic carbocycles. The summed E-state index contributed by atoms with van der Waals surface area (Å²) in [5.41, 5.74) is 8.83. The summed E-state index contributed by atoms with van der Waals surface area (Å²) in [6, 6.07) is 13.8. The first-order chi connectivity index (χ1) is 12.7. The first-order valence-electron chi connectivity index (χ1n) is 8.67. The van der Waals surface area contributed by atoms with Gasteiger partial charge in [0.2, 0.25) is 11.9 Å². The highest BCUT2D eigenvalue weighted by molar-refractivity contribution is 5.94. The van der Waals surface area contributed by atoms with Crippen LogP contribution in [0.2, 0.25) is 0 Å². The summed E-state index contributed by atoms with van der Waals surface area (Å²) in [4.78, 5) is 17.4. The summed E-state index contributed by atoms with van der Waals surface area (Å²) in [7, 11) is 0. The van der Waals surface area contributed by atoms with Crippen molar-refractivity contribution in [1.82, 2.24) is 20.4 Å². The Morgan fingerprint density at radius 2 is 2.04 bits per heavy atom. The lowest BCUT2D eigenvalue weighted by atomic mass is 9.94. The number of aryl methyl sites for hydroxylation is 1. The molecule has 2 aromatic carbocycles. The van der Waals surface area contributed by atoms with Crippen LogP contribution in [0.5, 0.6) is 0 Å². The fourth-order valence-corrected chi connectivity index (χ4v) is 3.42. The zero-order valence-electron chi connectivity index (χ0n) is 14.4. The van der Waals surface area contributed by atoms with Crippen LogP contribution in [0.15, 0.2) is 48.5 Å². The van der Waals surface area contributed by atoms with E-state index in [-0.39, 0.29) is 23.7 Å². The number of aromatic nitrogens is 2. The molecular formula is C19H20FN5O. The van der Waals surface area contributed by atoms with Crippen LogP contribution in [0.3, 0.4) is 0 Å². The van der Waals surface area contributed by atoms with Crippen LogP contribution in [-0.4, -0.2) is 22.0 Å². The molecule has 0 bridgehead atoms. The molecule has 4 rings (SSSR count). The molecule has 3 aromatic rings. The van der Waals surface area contributed by atoms with Crippen molar-refractivity contribution < 1.29 is 9.18 Å². The van der Waals surface area contributed by atoms with Gasteiger partial charge >= 0.3 is 0 Å². The molecule has 6 nitrogen and oxygen atoms in total. The molecule has 2 atom stereocenters. The number of hydrogen-bond donors (Lipinski definition) is 3. The van der Waals surface area contributed by atoms with E-state index in [0.29, 0.717) is 19.0 Å². The van der Waals surface area contributed by atoms with Crippen molar-refractivity contribution >= 4 is 22.9 Å². The van der Waals surface area contributed by atoms with Crippen LogP contribution >= 0.6 is 0 Å². The van der Waals surface area contributed by atoms with Crippen molar-refractivity contribution in [3.63, 3.8) is 0 Å². The lowest BCUT2D eigenvalue weighted by molar-refractivity contribution is -0.119. The first kappa shape index (κ1) is 16.7. The van der Waals surface area contributed by atoms with Gasteiger partial charge in [0.05, 0.1) is 23.0 Å². The predicted molar refractivity (Wildman–Crippen MR) is 97.8 cm³/mol. The summed E-state index contributed by atoms with van der Waals surface area (Å²) in [5, 5.41) is 2.96. The molecular weight excluding hydrogens is 333 g/mol. The Morgan fingerprint density at radius 1 is 1.27 bits per heavy atom. The van der Waals surface area contributed by atoms with E-state index in [1.807, 2.05) is 35.8 Å². The highest BCUT2D eigenvalue weighted by Crippen LogP contribution is 2.27. The van der Waals surface area contributed by atoms with Crippen molar-refractivity contribution in [3.05, 3.63) is 59.9 Å². The van der Waals surface area contributed by atoms with E-state index in [1.54, 1.807) is 12.1 Å². The minimum absolute atomic E-state index is 0.123. The normalized spacial score (nSPS) is 19.8. The van der Waals surface area contributed by atoms with Crippen LogP contribution in [0, 0.1) is 11.7 Å². The molecule has 0 saturated carbocycles. The summed E-state index contributed by atoms with van der Waals surface area (Å²) in [6.07, 6.45) is 0. The second kappa shape index (κ2) is 6.86. The lowest BCUT2D eigenvalue weighted by Crippen LogP contribution is -2.30. The van der Waals surface area contributed by atoms with Crippen LogP contribution in [0.4, 0.5) is 10.3 Å². The number of nitrogens with zero attached hydrogens (tertiary/aromatic N) is 2. The smallest absolute Gasteiger partial charge is 0.233 e. The Balaban J connectivity index is 1.58. The van der Waals surface area contributed by atoms with Crippen molar-refractivity contribution in [2.24, 2.45) is 5.92 Å². The number of nitrogens with one attached hydrogen (secondary N) is 3. The minimum Gasteiger partial charge on any atom is -0.310 e. The maximum Gasteiger partial charge on any atom is 0.233 e. The number of hydrazine groups is 1. The number of imidazole rings is 1. The topological polar surface area (TPSA) is 71.0 Å². The third-order valence-corrected chi connectivity index (χ3v) is 4.75. The van der Waals surface area contributed by atoms with Crippen LogP contribution in [0.25, 0.3) is 11.0 Å². The van der Waals surface area contributed by atoms with Gasteiger partial charge in [-0.05, 0) is 36.8 Å². The molecule has 134 valence electrons. The number of carbonyl (C=O) groups is 1. The van der Waals surface area contributed by atoms with Gasteiger partial charge in [-0.2, -0.15) is 0 Å². The van der Waals surface area contributed by atoms with Gasteiger partial charge in [-0.1, -0.05) is 24.3 Å². The van der Waals surface area contributed by atoms with Gasteiger partial charge in [-0.15, -0.1) is 0 Å². The van der Waals surface area contributed by atoms with E-state index >= 15 is 0 Å². The Labute approximate surface area is 150 Å². The third kappa shape index (κ3) is 2.95. The molecule has 7 heteroatoms. The number of carbonyl (C=O) groups excluding carboxylic acids is 1. The monoisotopic (exact) mass is 353 g/mol. The quantitative estimate of drug-likeness (QED) is 0.674. The fraction of sp³-hybridized carbons (Fsp3) is 0.263. The van der Waals surface area contributed by atoms with E-state index in [2.05, 4.69) is 21.2 Å². The van der Waals surface area contributed by atoms with E-state index in [1.165, 1.54) is 12.1 Å². The standard InChI is InChI=1S/C19H20FN5O/c1-2-25-16-6-4-3-5-15(16)22-19(25)23-18(26)14-11-21-24-17(14)12-7-9-13(20)10-8-12/h3-10,14,17,21,24H,2,11H2,1H3,(H,22,23,26). The molecule has 2 unspecified atom stereocenters. The Morgan fingerprint density at radius 3 is 2.81 bits per heavy atom. The summed E-state index contributed by atoms with van der Waals surface area (Å²) >= 11 is 0. The molecule has 1 saturated heterocycles. The van der Waals surface area contributed by atoms with Gasteiger partial charge in [0.1, 0.15) is 5.82 Å². The van der Waals surface area contributed by atoms with Crippen LogP contribution in [-0.2, 0) is 11.3 Å². The van der Waals surface area contributed by atoms with Gasteiger partial charge in [0.25, 0.3) is 0 Å². The van der Waals surface area contributed by atoms with Crippen molar-refractivity contribution in [3.8, 4) is 0 Å². The van der Waals surface area contributed by atoms with Gasteiger partial charge in [-0.25, -0.2) is 14.8 Å². The summed E-state index contributed by atoms with van der Waals surface area (Å²) in [5.74, 6) is -0.201. The third-order valence-electron chi connectivity index (χ3n) is 4.75. The zero-order chi connectivity index (χ0) is 18.1. The number of fused-ring (bicyclic) bond motifs is 1. The van der Waals surface area contributed by atoms with Crippen molar-refractivity contribution in [1.29, 1.82) is 0 Å². The Kier molecular flexibility index (Phi) is 4.40. The maximum absolute atomic E-state index is 13.2. The molecule has 1 aliphatic rings. The fourth-order valence-electron chi connectivity index (χ4n) is 3.42. The van der Waals surface area contributed by atoms with Gasteiger partial charge in [0, 0.05) is 13.1 Å². The number of anilines is 1. The van der Waals surface area contributed by atoms with Crippen molar-refractivity contribution in [2.75, 3.05) is 11.9 Å². The van der Waals surface area contributed by atoms with E-state index in [4.69, 9.17) is 0 Å². The number of hydrogen-bond acceptors (Lipinski definition) is 4. The summed E-state index contributed by atoms with van der Waals surface area (Å²) < 4.78 is 15.2. The Hall–Kier alpha value is -2.77. The minimum atomic E-state index is -0.328. The average Bonchev–Trinajstić information content (AvgIpc) is 3.26. The molecule has 1 aliphatic heterocycles. The zero-order valence-corrected chi connectivity index (χ0v) is 14.4. The predicted octanol–water partition coefficient (Wildman–Crippen LogP) is 2.60. The molecule has 1 amide bonds. The van der Waals surface area contributed by atoms with E-state index in [0.717, 1.165) is 16.6 Å². The second-order valence-corrected chi connectivity index (χ2v) is 6.32. The average molecular weight is 353 g/mol. The summed E-state index contributed by atoms with van der Waals surface area (Å²) in [6.45, 7) is 3.21. The molecule has 0 spiro atoms. The van der Waals surface area contributed by atoms with E-state index < -0.39 is 0 Å². The van der Waals surface area contributed by atoms with Crippen molar-refractivity contribution in [2.45, 2.75) is 19.5 Å². The lowest BCUT2D eigenvalue weighted by Gasteiger charge is -2.18. The van der Waals surface area contributed by atoms with Gasteiger partial charge in [0.15, 0.2) is 0 Å². The maximum atomic E-state index is 13.2. The van der Waals surface area contributed by atoms with Crippen LogP contribution in [0.1, 0.15) is 18.5 Å². The SMILES string of the molecule is CCn1c(NC(=O)C2CNNC2c2ccc(F)cc2)nc2ccccc21. The second-order valence-electron chi connectivity index (χ2n) is 6.32. The van der Waals surface area contributed by atoms with Gasteiger partial charge < -0.3 is 4.57 Å². The number of para-hydroxylation sites is 2. The highest BCUT2D eigenvalue weighted by Gasteiger charge is 2.34. The highest BCUT2D eigenvalue weighted by atomic mass is 19.1. The number of benzene rings is 2. The number of halogens is 1. The molecule has 3 N–H and O–H groups in total. The largest absolute Gasteiger partial charge is 0.310 e. The molecule has 1 aromatic heterocycles. The molecule has 1 fully saturated rings. The van der Waals surface area contributed by atoms with Gasteiger partial charge in [-0.3, -0.25) is 15.5 Å². The number of rotatable bonds is 4.